The predicted molar refractivity (Wildman–Crippen MR) is 83.0 cm³/mol. The fraction of sp³-hybridized carbons (Fsp3) is 0.400. The minimum absolute atomic E-state index is 0.0214. The quantitative estimate of drug-likeness (QED) is 0.668. The summed E-state index contributed by atoms with van der Waals surface area (Å²) in [4.78, 5) is 4.24. The van der Waals surface area contributed by atoms with Gasteiger partial charge in [0, 0.05) is 25.6 Å². The van der Waals surface area contributed by atoms with Crippen LogP contribution in [-0.2, 0) is 13.0 Å². The van der Waals surface area contributed by atoms with Gasteiger partial charge in [-0.1, -0.05) is 0 Å². The Balaban J connectivity index is 1.62. The van der Waals surface area contributed by atoms with Crippen molar-refractivity contribution in [2.75, 3.05) is 11.9 Å². The summed E-state index contributed by atoms with van der Waals surface area (Å²) < 4.78 is 28.7. The molecule has 0 aliphatic carbocycles. The molecule has 122 valence electrons. The highest BCUT2D eigenvalue weighted by molar-refractivity contribution is 5.92. The number of nitrogens with two attached hydrogens (primary N) is 1. The van der Waals surface area contributed by atoms with Crippen LogP contribution in [0.3, 0.4) is 0 Å². The molecule has 3 rings (SSSR count). The van der Waals surface area contributed by atoms with E-state index in [-0.39, 0.29) is 11.6 Å². The van der Waals surface area contributed by atoms with Crippen molar-refractivity contribution in [1.29, 1.82) is 0 Å². The fourth-order valence-corrected chi connectivity index (χ4v) is 2.68. The molecule has 3 N–H and O–H groups in total. The molecule has 1 aliphatic rings. The van der Waals surface area contributed by atoms with Crippen LogP contribution in [0.4, 0.5) is 14.5 Å². The minimum atomic E-state index is -0.577. The van der Waals surface area contributed by atoms with Gasteiger partial charge in [-0.05, 0) is 31.4 Å². The molecule has 0 amide bonds. The first-order valence-electron chi connectivity index (χ1n) is 7.43. The van der Waals surface area contributed by atoms with Gasteiger partial charge in [0.25, 0.3) is 0 Å². The van der Waals surface area contributed by atoms with Crippen LogP contribution >= 0.6 is 0 Å². The highest BCUT2D eigenvalue weighted by atomic mass is 19.1. The van der Waals surface area contributed by atoms with Gasteiger partial charge in [-0.2, -0.15) is 0 Å². The molecule has 1 atom stereocenters. The van der Waals surface area contributed by atoms with Gasteiger partial charge in [-0.3, -0.25) is 4.99 Å². The van der Waals surface area contributed by atoms with Gasteiger partial charge in [0.1, 0.15) is 23.3 Å². The van der Waals surface area contributed by atoms with Crippen LogP contribution in [0.2, 0.25) is 0 Å². The number of aromatic nitrogens is 3. The maximum Gasteiger partial charge on any atom is 0.193 e. The molecular formula is C15H18F2N6. The molecule has 23 heavy (non-hydrogen) atoms. The summed E-state index contributed by atoms with van der Waals surface area (Å²) in [6.07, 6.45) is 1.80. The van der Waals surface area contributed by atoms with E-state index >= 15 is 0 Å². The summed E-state index contributed by atoms with van der Waals surface area (Å²) in [6.45, 7) is 3.22. The van der Waals surface area contributed by atoms with E-state index in [2.05, 4.69) is 25.1 Å². The van der Waals surface area contributed by atoms with Crippen molar-refractivity contribution in [3.05, 3.63) is 41.5 Å². The van der Waals surface area contributed by atoms with E-state index in [0.717, 1.165) is 49.2 Å². The molecule has 2 heterocycles. The predicted octanol–water partition coefficient (Wildman–Crippen LogP) is 1.85. The summed E-state index contributed by atoms with van der Waals surface area (Å²) in [5, 5.41) is 10.8. The number of aliphatic imine (C=N–C) groups is 1. The molecule has 1 aliphatic heterocycles. The first-order valence-corrected chi connectivity index (χ1v) is 7.43. The maximum absolute atomic E-state index is 13.5. The molecule has 0 radical (unpaired) electrons. The van der Waals surface area contributed by atoms with Crippen LogP contribution in [0, 0.1) is 24.5 Å². The summed E-state index contributed by atoms with van der Waals surface area (Å²) in [7, 11) is 0. The highest BCUT2D eigenvalue weighted by Crippen LogP contribution is 2.20. The second kappa shape index (κ2) is 6.31. The molecule has 8 heteroatoms. The topological polar surface area (TPSA) is 81.1 Å². The summed E-state index contributed by atoms with van der Waals surface area (Å²) in [6, 6.07) is 3.14. The van der Waals surface area contributed by atoms with E-state index < -0.39 is 11.6 Å². The van der Waals surface area contributed by atoms with Crippen molar-refractivity contribution >= 4 is 11.6 Å². The molecule has 1 unspecified atom stereocenters. The lowest BCUT2D eigenvalue weighted by molar-refractivity contribution is 0.370. The van der Waals surface area contributed by atoms with Gasteiger partial charge < -0.3 is 15.6 Å². The molecule has 6 nitrogen and oxygen atoms in total. The van der Waals surface area contributed by atoms with Crippen molar-refractivity contribution in [2.45, 2.75) is 26.3 Å². The lowest BCUT2D eigenvalue weighted by atomic mass is 9.99. The summed E-state index contributed by atoms with van der Waals surface area (Å²) in [5.41, 5.74) is 5.74. The van der Waals surface area contributed by atoms with Crippen LogP contribution in [-0.4, -0.2) is 27.3 Å². The number of benzene rings is 1. The van der Waals surface area contributed by atoms with E-state index in [1.807, 2.05) is 6.92 Å². The minimum Gasteiger partial charge on any atom is -0.370 e. The number of nitrogens with zero attached hydrogens (tertiary/aromatic N) is 4. The average Bonchev–Trinajstić information content (AvgIpc) is 2.90. The molecule has 0 fully saturated rings. The Morgan fingerprint density at radius 3 is 3.09 bits per heavy atom. The van der Waals surface area contributed by atoms with Crippen LogP contribution in [0.1, 0.15) is 18.1 Å². The number of anilines is 1. The Kier molecular flexibility index (Phi) is 4.22. The number of nitrogens with one attached hydrogen (secondary N) is 1. The van der Waals surface area contributed by atoms with Crippen molar-refractivity contribution < 1.29 is 8.78 Å². The molecule has 0 spiro atoms. The monoisotopic (exact) mass is 320 g/mol. The standard InChI is InChI=1S/C15H18F2N6/c1-9-21-22-14-5-2-10(8-23(9)14)7-19-15(18)20-13-6-11(16)3-4-12(13)17/h3-4,6,10H,2,5,7-8H2,1H3,(H3,18,19,20). The molecule has 0 bridgehead atoms. The molecule has 1 aromatic heterocycles. The van der Waals surface area contributed by atoms with E-state index in [4.69, 9.17) is 5.73 Å². The zero-order valence-corrected chi connectivity index (χ0v) is 12.8. The van der Waals surface area contributed by atoms with E-state index in [9.17, 15) is 8.78 Å². The normalized spacial score (nSPS) is 17.9. The van der Waals surface area contributed by atoms with Crippen molar-refractivity contribution in [1.82, 2.24) is 14.8 Å². The second-order valence-electron chi connectivity index (χ2n) is 5.65. The number of fused-ring (bicyclic) bond motifs is 1. The number of guanidine groups is 1. The van der Waals surface area contributed by atoms with E-state index in [1.54, 1.807) is 0 Å². The van der Waals surface area contributed by atoms with Crippen molar-refractivity contribution in [3.63, 3.8) is 0 Å². The Hall–Kier alpha value is -2.51. The molecule has 1 aromatic carbocycles. The largest absolute Gasteiger partial charge is 0.370 e. The summed E-state index contributed by atoms with van der Waals surface area (Å²) >= 11 is 0. The van der Waals surface area contributed by atoms with Gasteiger partial charge >= 0.3 is 0 Å². The van der Waals surface area contributed by atoms with Gasteiger partial charge in [0.2, 0.25) is 0 Å². The number of rotatable bonds is 3. The molecular weight excluding hydrogens is 302 g/mol. The highest BCUT2D eigenvalue weighted by Gasteiger charge is 2.21. The SMILES string of the molecule is Cc1nnc2n1CC(CN=C(N)Nc1cc(F)ccc1F)CC2. The van der Waals surface area contributed by atoms with Crippen LogP contribution < -0.4 is 11.1 Å². The smallest absolute Gasteiger partial charge is 0.193 e. The number of hydrogen-bond acceptors (Lipinski definition) is 3. The van der Waals surface area contributed by atoms with E-state index in [1.165, 1.54) is 0 Å². The number of aryl methyl sites for hydroxylation is 2. The van der Waals surface area contributed by atoms with Crippen molar-refractivity contribution in [2.24, 2.45) is 16.6 Å². The first kappa shape index (κ1) is 15.4. The third-order valence-corrected chi connectivity index (χ3v) is 3.94. The van der Waals surface area contributed by atoms with Crippen molar-refractivity contribution in [3.8, 4) is 0 Å². The number of halogens is 2. The zero-order chi connectivity index (χ0) is 16.4. The van der Waals surface area contributed by atoms with E-state index in [0.29, 0.717) is 12.5 Å². The molecule has 2 aromatic rings. The van der Waals surface area contributed by atoms with Gasteiger partial charge in [-0.15, -0.1) is 10.2 Å². The molecule has 0 saturated heterocycles. The Bertz CT molecular complexity index is 740. The Labute approximate surface area is 132 Å². The van der Waals surface area contributed by atoms with Gasteiger partial charge in [-0.25, -0.2) is 8.78 Å². The Morgan fingerprint density at radius 1 is 1.43 bits per heavy atom. The van der Waals surface area contributed by atoms with Crippen LogP contribution in [0.25, 0.3) is 0 Å². The number of hydrogen-bond donors (Lipinski definition) is 2. The first-order chi connectivity index (χ1) is 11.0. The lowest BCUT2D eigenvalue weighted by Crippen LogP contribution is -2.27. The third-order valence-electron chi connectivity index (χ3n) is 3.94. The van der Waals surface area contributed by atoms with Crippen LogP contribution in [0.15, 0.2) is 23.2 Å². The third kappa shape index (κ3) is 3.46. The summed E-state index contributed by atoms with van der Waals surface area (Å²) in [5.74, 6) is 1.16. The van der Waals surface area contributed by atoms with Gasteiger partial charge in [0.05, 0.1) is 5.69 Å². The average molecular weight is 320 g/mol. The zero-order valence-electron chi connectivity index (χ0n) is 12.8. The Morgan fingerprint density at radius 2 is 2.26 bits per heavy atom. The maximum atomic E-state index is 13.5. The lowest BCUT2D eigenvalue weighted by Gasteiger charge is -2.22. The van der Waals surface area contributed by atoms with Crippen LogP contribution in [0.5, 0.6) is 0 Å². The molecule has 0 saturated carbocycles. The second-order valence-corrected chi connectivity index (χ2v) is 5.65. The van der Waals surface area contributed by atoms with Gasteiger partial charge in [0.15, 0.2) is 5.96 Å². The fourth-order valence-electron chi connectivity index (χ4n) is 2.68.